The Hall–Kier alpha value is -1.26. The number of carbonyl (C=O) groups excluding carboxylic acids is 1. The van der Waals surface area contributed by atoms with Crippen LogP contribution in [0, 0.1) is 11.8 Å². The predicted molar refractivity (Wildman–Crippen MR) is 64.8 cm³/mol. The highest BCUT2D eigenvalue weighted by Crippen LogP contribution is 2.16. The molecule has 0 saturated heterocycles. The van der Waals surface area contributed by atoms with Crippen LogP contribution in [-0.4, -0.2) is 28.8 Å². The Morgan fingerprint density at radius 3 is 1.94 bits per heavy atom. The number of ether oxygens (including phenoxy) is 1. The molecule has 0 aliphatic rings. The lowest BCUT2D eigenvalue weighted by Gasteiger charge is -2.26. The van der Waals surface area contributed by atoms with Gasteiger partial charge in [0.2, 0.25) is 0 Å². The highest BCUT2D eigenvalue weighted by molar-refractivity contribution is 5.73. The molecule has 100 valence electrons. The summed E-state index contributed by atoms with van der Waals surface area (Å²) in [5.41, 5.74) is -0.583. The molecule has 0 rings (SSSR count). The smallest absolute Gasteiger partial charge is 0.407 e. The molecule has 0 aromatic heterocycles. The zero-order valence-electron chi connectivity index (χ0n) is 11.4. The van der Waals surface area contributed by atoms with Crippen molar-refractivity contribution in [3.63, 3.8) is 0 Å². The summed E-state index contributed by atoms with van der Waals surface area (Å²) in [7, 11) is 0. The van der Waals surface area contributed by atoms with Crippen molar-refractivity contribution in [1.82, 2.24) is 5.32 Å². The van der Waals surface area contributed by atoms with Gasteiger partial charge in [-0.2, -0.15) is 0 Å². The summed E-state index contributed by atoms with van der Waals surface area (Å²) in [4.78, 5) is 22.5. The largest absolute Gasteiger partial charge is 0.481 e. The van der Waals surface area contributed by atoms with Crippen LogP contribution in [0.3, 0.4) is 0 Å². The minimum Gasteiger partial charge on any atom is -0.481 e. The van der Waals surface area contributed by atoms with E-state index in [1.165, 1.54) is 0 Å². The Morgan fingerprint density at radius 2 is 1.65 bits per heavy atom. The maximum atomic E-state index is 11.5. The van der Waals surface area contributed by atoms with E-state index in [0.29, 0.717) is 0 Å². The molecule has 0 saturated carbocycles. The molecule has 2 atom stereocenters. The third-order valence-electron chi connectivity index (χ3n) is 2.29. The maximum absolute atomic E-state index is 11.5. The summed E-state index contributed by atoms with van der Waals surface area (Å²) in [5, 5.41) is 11.6. The van der Waals surface area contributed by atoms with Crippen LogP contribution < -0.4 is 5.32 Å². The predicted octanol–water partition coefficient (Wildman–Crippen LogP) is 2.26. The summed E-state index contributed by atoms with van der Waals surface area (Å²) < 4.78 is 5.08. The Morgan fingerprint density at radius 1 is 1.18 bits per heavy atom. The number of rotatable bonds is 4. The molecule has 0 heterocycles. The number of alkyl carbamates (subject to hydrolysis) is 1. The van der Waals surface area contributed by atoms with Crippen molar-refractivity contribution in [2.24, 2.45) is 11.8 Å². The third-order valence-corrected chi connectivity index (χ3v) is 2.29. The number of amides is 1. The van der Waals surface area contributed by atoms with Crippen LogP contribution in [0.4, 0.5) is 4.79 Å². The molecule has 0 radical (unpaired) electrons. The van der Waals surface area contributed by atoms with Crippen LogP contribution in [0.15, 0.2) is 0 Å². The van der Waals surface area contributed by atoms with Gasteiger partial charge in [-0.1, -0.05) is 13.8 Å². The zero-order valence-corrected chi connectivity index (χ0v) is 11.4. The van der Waals surface area contributed by atoms with Gasteiger partial charge in [0.25, 0.3) is 0 Å². The standard InChI is InChI=1S/C12H23NO4/c1-7(2)9(10(14)15)8(3)13-11(16)17-12(4,5)6/h7-9H,1-6H3,(H,13,16)(H,14,15)/t8-,9-/m0/s1. The van der Waals surface area contributed by atoms with Gasteiger partial charge >= 0.3 is 12.1 Å². The average Bonchev–Trinajstić information content (AvgIpc) is 1.96. The Bertz CT molecular complexity index is 281. The van der Waals surface area contributed by atoms with Gasteiger partial charge < -0.3 is 15.2 Å². The molecule has 0 aromatic carbocycles. The third kappa shape index (κ3) is 6.14. The monoisotopic (exact) mass is 245 g/mol. The van der Waals surface area contributed by atoms with E-state index >= 15 is 0 Å². The average molecular weight is 245 g/mol. The van der Waals surface area contributed by atoms with Crippen LogP contribution in [0.1, 0.15) is 41.5 Å². The summed E-state index contributed by atoms with van der Waals surface area (Å²) in [6, 6.07) is -0.470. The minimum atomic E-state index is -0.913. The van der Waals surface area contributed by atoms with E-state index in [0.717, 1.165) is 0 Å². The van der Waals surface area contributed by atoms with E-state index < -0.39 is 29.6 Å². The lowest BCUT2D eigenvalue weighted by atomic mass is 9.89. The Balaban J connectivity index is 4.46. The van der Waals surface area contributed by atoms with Crippen LogP contribution in [-0.2, 0) is 9.53 Å². The second-order valence-electron chi connectivity index (χ2n) is 5.54. The van der Waals surface area contributed by atoms with Crippen LogP contribution in [0.2, 0.25) is 0 Å². The fraction of sp³-hybridized carbons (Fsp3) is 0.833. The van der Waals surface area contributed by atoms with E-state index in [1.807, 2.05) is 13.8 Å². The number of hydrogen-bond donors (Lipinski definition) is 2. The van der Waals surface area contributed by atoms with Gasteiger partial charge in [0.05, 0.1) is 5.92 Å². The molecule has 0 fully saturated rings. The molecule has 0 aliphatic heterocycles. The van der Waals surface area contributed by atoms with E-state index in [1.54, 1.807) is 27.7 Å². The Kier molecular flexibility index (Phi) is 5.45. The first-order chi connectivity index (χ1) is 7.54. The van der Waals surface area contributed by atoms with Crippen molar-refractivity contribution in [3.05, 3.63) is 0 Å². The van der Waals surface area contributed by atoms with Gasteiger partial charge in [-0.3, -0.25) is 4.79 Å². The molecule has 5 heteroatoms. The molecule has 2 N–H and O–H groups in total. The second kappa shape index (κ2) is 5.89. The van der Waals surface area contributed by atoms with Gasteiger partial charge in [-0.25, -0.2) is 4.79 Å². The molecule has 0 aromatic rings. The summed E-state index contributed by atoms with van der Waals surface area (Å²) >= 11 is 0. The molecule has 0 spiro atoms. The lowest BCUT2D eigenvalue weighted by molar-refractivity contribution is -0.144. The van der Waals surface area contributed by atoms with Crippen molar-refractivity contribution in [3.8, 4) is 0 Å². The molecule has 1 amide bonds. The topological polar surface area (TPSA) is 75.6 Å². The van der Waals surface area contributed by atoms with Crippen molar-refractivity contribution in [1.29, 1.82) is 0 Å². The van der Waals surface area contributed by atoms with E-state index in [9.17, 15) is 9.59 Å². The SMILES string of the molecule is CC(C)[C@H](C(=O)O)[C@H](C)NC(=O)OC(C)(C)C. The van der Waals surface area contributed by atoms with Gasteiger partial charge in [-0.05, 0) is 33.6 Å². The first-order valence-corrected chi connectivity index (χ1v) is 5.77. The summed E-state index contributed by atoms with van der Waals surface area (Å²) in [5.74, 6) is -1.59. The number of nitrogens with one attached hydrogen (secondary N) is 1. The zero-order chi connectivity index (χ0) is 13.8. The van der Waals surface area contributed by atoms with Crippen molar-refractivity contribution < 1.29 is 19.4 Å². The highest BCUT2D eigenvalue weighted by Gasteiger charge is 2.30. The lowest BCUT2D eigenvalue weighted by Crippen LogP contribution is -2.45. The molecule has 0 bridgehead atoms. The van der Waals surface area contributed by atoms with Gasteiger partial charge in [0.1, 0.15) is 5.60 Å². The van der Waals surface area contributed by atoms with Crippen molar-refractivity contribution >= 4 is 12.1 Å². The Labute approximate surface area is 103 Å². The fourth-order valence-electron chi connectivity index (χ4n) is 1.66. The molecule has 0 aliphatic carbocycles. The van der Waals surface area contributed by atoms with Gasteiger partial charge in [0, 0.05) is 6.04 Å². The van der Waals surface area contributed by atoms with Crippen LogP contribution in [0.25, 0.3) is 0 Å². The molecular formula is C12H23NO4. The summed E-state index contributed by atoms with van der Waals surface area (Å²) in [6.07, 6.45) is -0.586. The van der Waals surface area contributed by atoms with Gasteiger partial charge in [-0.15, -0.1) is 0 Å². The van der Waals surface area contributed by atoms with E-state index in [2.05, 4.69) is 5.32 Å². The minimum absolute atomic E-state index is 0.0579. The van der Waals surface area contributed by atoms with E-state index in [4.69, 9.17) is 9.84 Å². The van der Waals surface area contributed by atoms with Gasteiger partial charge in [0.15, 0.2) is 0 Å². The second-order valence-corrected chi connectivity index (χ2v) is 5.54. The van der Waals surface area contributed by atoms with Crippen LogP contribution >= 0.6 is 0 Å². The first-order valence-electron chi connectivity index (χ1n) is 5.77. The normalized spacial score (nSPS) is 15.2. The van der Waals surface area contributed by atoms with E-state index in [-0.39, 0.29) is 5.92 Å². The highest BCUT2D eigenvalue weighted by atomic mass is 16.6. The molecule has 17 heavy (non-hydrogen) atoms. The van der Waals surface area contributed by atoms with Crippen molar-refractivity contribution in [2.45, 2.75) is 53.2 Å². The summed E-state index contributed by atoms with van der Waals surface area (Å²) in [6.45, 7) is 10.6. The number of carboxylic acid groups (broad SMARTS) is 1. The maximum Gasteiger partial charge on any atom is 0.407 e. The number of aliphatic carboxylic acids is 1. The molecular weight excluding hydrogens is 222 g/mol. The molecule has 0 unspecified atom stereocenters. The quantitative estimate of drug-likeness (QED) is 0.796. The molecule has 5 nitrogen and oxygen atoms in total. The number of carbonyl (C=O) groups is 2. The first kappa shape index (κ1) is 15.7. The van der Waals surface area contributed by atoms with Crippen LogP contribution in [0.5, 0.6) is 0 Å². The fourth-order valence-corrected chi connectivity index (χ4v) is 1.66. The number of hydrogen-bond acceptors (Lipinski definition) is 3. The van der Waals surface area contributed by atoms with Crippen molar-refractivity contribution in [2.75, 3.05) is 0 Å². The number of carboxylic acids is 1.